The van der Waals surface area contributed by atoms with E-state index in [-0.39, 0.29) is 29.6 Å². The Hall–Kier alpha value is -2.83. The maximum atomic E-state index is 12.7. The number of nitrogens with zero attached hydrogens (tertiary/aromatic N) is 2. The van der Waals surface area contributed by atoms with Gasteiger partial charge in [-0.15, -0.1) is 0 Å². The summed E-state index contributed by atoms with van der Waals surface area (Å²) in [5.41, 5.74) is 2.53. The average molecular weight is 396 g/mol. The van der Waals surface area contributed by atoms with Crippen molar-refractivity contribution >= 4 is 17.6 Å². The molecular weight excluding hydrogens is 368 g/mol. The number of anilines is 1. The van der Waals surface area contributed by atoms with Gasteiger partial charge in [-0.05, 0) is 55.9 Å². The van der Waals surface area contributed by atoms with Gasteiger partial charge in [0.05, 0.1) is 11.4 Å². The topological polar surface area (TPSA) is 96.2 Å². The van der Waals surface area contributed by atoms with Crippen LogP contribution < -0.4 is 10.6 Å². The number of carbonyl (C=O) groups excluding carboxylic acids is 2. The third-order valence-electron chi connectivity index (χ3n) is 5.51. The van der Waals surface area contributed by atoms with Crippen LogP contribution in [0, 0.1) is 5.92 Å². The highest BCUT2D eigenvalue weighted by Gasteiger charge is 2.30. The molecule has 2 aliphatic carbocycles. The molecule has 0 unspecified atom stereocenters. The van der Waals surface area contributed by atoms with Crippen molar-refractivity contribution < 1.29 is 14.7 Å². The maximum Gasteiger partial charge on any atom is 0.342 e. The van der Waals surface area contributed by atoms with Gasteiger partial charge in [-0.2, -0.15) is 9.78 Å². The molecule has 0 spiro atoms. The quantitative estimate of drug-likeness (QED) is 0.637. The molecule has 4 rings (SSSR count). The number of rotatable bonds is 6. The highest BCUT2D eigenvalue weighted by molar-refractivity contribution is 5.92. The van der Waals surface area contributed by atoms with Crippen LogP contribution in [0.5, 0.6) is 5.75 Å². The fourth-order valence-corrected chi connectivity index (χ4v) is 3.55. The van der Waals surface area contributed by atoms with Gasteiger partial charge < -0.3 is 15.7 Å². The summed E-state index contributed by atoms with van der Waals surface area (Å²) in [6, 6.07) is 6.86. The van der Waals surface area contributed by atoms with Gasteiger partial charge in [0.2, 0.25) is 5.91 Å². The smallest absolute Gasteiger partial charge is 0.342 e. The molecular formula is C22H28N4O3. The number of aromatic nitrogens is 2. The summed E-state index contributed by atoms with van der Waals surface area (Å²) >= 11 is 0. The molecule has 2 aliphatic rings. The van der Waals surface area contributed by atoms with Gasteiger partial charge in [0.1, 0.15) is 5.75 Å². The monoisotopic (exact) mass is 396 g/mol. The lowest BCUT2D eigenvalue weighted by Gasteiger charge is -2.25. The van der Waals surface area contributed by atoms with Crippen LogP contribution >= 0.6 is 0 Å². The van der Waals surface area contributed by atoms with E-state index in [1.807, 2.05) is 19.9 Å². The van der Waals surface area contributed by atoms with E-state index >= 15 is 0 Å². The highest BCUT2D eigenvalue weighted by Crippen LogP contribution is 2.39. The van der Waals surface area contributed by atoms with E-state index in [1.165, 1.54) is 4.68 Å². The summed E-state index contributed by atoms with van der Waals surface area (Å²) in [7, 11) is 0. The van der Waals surface area contributed by atoms with Gasteiger partial charge >= 0.3 is 6.03 Å². The van der Waals surface area contributed by atoms with Crippen molar-refractivity contribution in [2.45, 2.75) is 64.3 Å². The van der Waals surface area contributed by atoms with E-state index < -0.39 is 0 Å². The molecule has 2 fully saturated rings. The molecule has 0 aliphatic heterocycles. The standard InChI is InChI=1S/C22H28N4O3/c1-13(2)10-21(28)23-16-8-9-20(27)17(11-16)18-12-19(14-4-3-5-14)26(25-18)22(29)24-15-6-7-15/h8-9,11-15,27H,3-7,10H2,1-2H3,(H,23,28)(H,24,29). The number of nitrogens with one attached hydrogen (secondary N) is 2. The number of amides is 2. The van der Waals surface area contributed by atoms with Crippen molar-refractivity contribution in [2.24, 2.45) is 5.92 Å². The largest absolute Gasteiger partial charge is 0.507 e. The number of hydrogen-bond donors (Lipinski definition) is 3. The summed E-state index contributed by atoms with van der Waals surface area (Å²) in [6.45, 7) is 3.98. The molecule has 2 aromatic rings. The molecule has 1 aromatic heterocycles. The molecule has 7 heteroatoms. The van der Waals surface area contributed by atoms with Crippen LogP contribution in [-0.4, -0.2) is 32.9 Å². The van der Waals surface area contributed by atoms with Crippen molar-refractivity contribution in [3.8, 4) is 17.0 Å². The van der Waals surface area contributed by atoms with Crippen molar-refractivity contribution in [3.05, 3.63) is 30.0 Å². The first-order valence-corrected chi connectivity index (χ1v) is 10.4. The molecule has 3 N–H and O–H groups in total. The summed E-state index contributed by atoms with van der Waals surface area (Å²) in [5.74, 6) is 0.579. The Morgan fingerprint density at radius 3 is 2.59 bits per heavy atom. The number of benzene rings is 1. The molecule has 29 heavy (non-hydrogen) atoms. The summed E-state index contributed by atoms with van der Waals surface area (Å²) in [6.07, 6.45) is 5.68. The van der Waals surface area contributed by atoms with Gasteiger partial charge in [0.25, 0.3) is 0 Å². The molecule has 7 nitrogen and oxygen atoms in total. The van der Waals surface area contributed by atoms with Crippen LogP contribution in [0.2, 0.25) is 0 Å². The zero-order chi connectivity index (χ0) is 20.5. The first-order chi connectivity index (χ1) is 13.9. The van der Waals surface area contributed by atoms with Crippen LogP contribution in [0.1, 0.15) is 64.0 Å². The summed E-state index contributed by atoms with van der Waals surface area (Å²) < 4.78 is 1.46. The Labute approximate surface area is 170 Å². The van der Waals surface area contributed by atoms with E-state index in [0.717, 1.165) is 37.8 Å². The van der Waals surface area contributed by atoms with Crippen molar-refractivity contribution in [1.82, 2.24) is 15.1 Å². The molecule has 0 bridgehead atoms. The first kappa shape index (κ1) is 19.5. The van der Waals surface area contributed by atoms with Gasteiger partial charge in [-0.25, -0.2) is 4.79 Å². The average Bonchev–Trinajstić information content (AvgIpc) is 3.31. The Morgan fingerprint density at radius 2 is 1.97 bits per heavy atom. The van der Waals surface area contributed by atoms with Crippen LogP contribution in [0.4, 0.5) is 10.5 Å². The minimum atomic E-state index is -0.207. The molecule has 0 radical (unpaired) electrons. The lowest BCUT2D eigenvalue weighted by atomic mass is 9.82. The van der Waals surface area contributed by atoms with Crippen LogP contribution in [0.15, 0.2) is 24.3 Å². The SMILES string of the molecule is CC(C)CC(=O)Nc1ccc(O)c(-c2cc(C3CCC3)n(C(=O)NC3CC3)n2)c1. The van der Waals surface area contributed by atoms with Gasteiger partial charge in [0, 0.05) is 29.6 Å². The Bertz CT molecular complexity index is 926. The number of aromatic hydroxyl groups is 1. The lowest BCUT2D eigenvalue weighted by molar-refractivity contribution is -0.116. The first-order valence-electron chi connectivity index (χ1n) is 10.4. The lowest BCUT2D eigenvalue weighted by Crippen LogP contribution is -2.33. The molecule has 2 saturated carbocycles. The van der Waals surface area contributed by atoms with Gasteiger partial charge in [-0.1, -0.05) is 20.3 Å². The number of hydrogen-bond acceptors (Lipinski definition) is 4. The zero-order valence-corrected chi connectivity index (χ0v) is 16.9. The molecule has 1 heterocycles. The molecule has 2 amide bonds. The minimum Gasteiger partial charge on any atom is -0.507 e. The molecule has 0 saturated heterocycles. The van der Waals surface area contributed by atoms with E-state index in [4.69, 9.17) is 0 Å². The third-order valence-corrected chi connectivity index (χ3v) is 5.51. The second-order valence-corrected chi connectivity index (χ2v) is 8.60. The van der Waals surface area contributed by atoms with Crippen LogP contribution in [-0.2, 0) is 4.79 Å². The molecule has 154 valence electrons. The Kier molecular flexibility index (Phi) is 5.30. The third kappa shape index (κ3) is 4.44. The fraction of sp³-hybridized carbons (Fsp3) is 0.500. The predicted molar refractivity (Wildman–Crippen MR) is 111 cm³/mol. The van der Waals surface area contributed by atoms with Crippen LogP contribution in [0.25, 0.3) is 11.3 Å². The van der Waals surface area contributed by atoms with E-state index in [9.17, 15) is 14.7 Å². The van der Waals surface area contributed by atoms with Gasteiger partial charge in [-0.3, -0.25) is 4.79 Å². The van der Waals surface area contributed by atoms with E-state index in [1.54, 1.807) is 18.2 Å². The minimum absolute atomic E-state index is 0.0684. The van der Waals surface area contributed by atoms with Crippen LogP contribution in [0.3, 0.4) is 0 Å². The second-order valence-electron chi connectivity index (χ2n) is 8.60. The predicted octanol–water partition coefficient (Wildman–Crippen LogP) is 4.23. The highest BCUT2D eigenvalue weighted by atomic mass is 16.3. The zero-order valence-electron chi connectivity index (χ0n) is 16.9. The number of phenols is 1. The van der Waals surface area contributed by atoms with Crippen molar-refractivity contribution in [2.75, 3.05) is 5.32 Å². The second kappa shape index (κ2) is 7.89. The van der Waals surface area contributed by atoms with Gasteiger partial charge in [0.15, 0.2) is 0 Å². The fourth-order valence-electron chi connectivity index (χ4n) is 3.55. The maximum absolute atomic E-state index is 12.7. The van der Waals surface area contributed by atoms with E-state index in [0.29, 0.717) is 29.3 Å². The van der Waals surface area contributed by atoms with E-state index in [2.05, 4.69) is 15.7 Å². The Balaban J connectivity index is 1.63. The number of carbonyl (C=O) groups is 2. The number of phenolic OH excluding ortho intramolecular Hbond substituents is 1. The Morgan fingerprint density at radius 1 is 1.21 bits per heavy atom. The molecule has 1 aromatic carbocycles. The molecule has 0 atom stereocenters. The summed E-state index contributed by atoms with van der Waals surface area (Å²) in [4.78, 5) is 24.8. The summed E-state index contributed by atoms with van der Waals surface area (Å²) in [5, 5.41) is 20.8. The normalized spacial score (nSPS) is 16.5. The van der Waals surface area contributed by atoms with Crippen molar-refractivity contribution in [3.63, 3.8) is 0 Å². The van der Waals surface area contributed by atoms with Crippen molar-refractivity contribution in [1.29, 1.82) is 0 Å².